The number of nitro benzene ring substituents is 1. The predicted molar refractivity (Wildman–Crippen MR) is 101 cm³/mol. The third kappa shape index (κ3) is 4.24. The summed E-state index contributed by atoms with van der Waals surface area (Å²) in [6.07, 6.45) is 0. The highest BCUT2D eigenvalue weighted by atomic mass is 19.1. The van der Waals surface area contributed by atoms with Crippen molar-refractivity contribution in [2.24, 2.45) is 0 Å². The molecule has 0 aliphatic rings. The number of amides is 2. The van der Waals surface area contributed by atoms with Crippen molar-refractivity contribution in [1.82, 2.24) is 15.0 Å². The van der Waals surface area contributed by atoms with Crippen LogP contribution in [-0.2, 0) is 4.79 Å². The van der Waals surface area contributed by atoms with E-state index < -0.39 is 16.6 Å². The number of nitro groups is 1. The summed E-state index contributed by atoms with van der Waals surface area (Å²) < 4.78 is 15.3. The lowest BCUT2D eigenvalue weighted by atomic mass is 10.2. The molecule has 2 N–H and O–H groups in total. The Kier molecular flexibility index (Phi) is 5.30. The van der Waals surface area contributed by atoms with Gasteiger partial charge in [0.15, 0.2) is 5.69 Å². The summed E-state index contributed by atoms with van der Waals surface area (Å²) in [5.74, 6) is -1.76. The summed E-state index contributed by atoms with van der Waals surface area (Å²) in [5.41, 5.74) is 0.598. The van der Waals surface area contributed by atoms with E-state index in [0.717, 1.165) is 6.07 Å². The number of nitrogens with zero attached hydrogens (tertiary/aromatic N) is 4. The zero-order chi connectivity index (χ0) is 21.1. The van der Waals surface area contributed by atoms with E-state index in [0.29, 0.717) is 17.1 Å². The highest BCUT2D eigenvalue weighted by Crippen LogP contribution is 2.22. The van der Waals surface area contributed by atoms with Gasteiger partial charge in [-0.05, 0) is 31.2 Å². The van der Waals surface area contributed by atoms with E-state index in [-0.39, 0.29) is 23.0 Å². The molecule has 29 heavy (non-hydrogen) atoms. The molecule has 0 bridgehead atoms. The molecular formula is C18H15FN6O4. The molecule has 1 heterocycles. The number of halogens is 1. The molecular weight excluding hydrogens is 383 g/mol. The number of benzene rings is 2. The largest absolute Gasteiger partial charge is 0.326 e. The summed E-state index contributed by atoms with van der Waals surface area (Å²) in [7, 11) is 0. The van der Waals surface area contributed by atoms with Crippen molar-refractivity contribution >= 4 is 28.9 Å². The van der Waals surface area contributed by atoms with Gasteiger partial charge in [-0.2, -0.15) is 0 Å². The second-order valence-corrected chi connectivity index (χ2v) is 6.04. The molecule has 2 amide bonds. The Morgan fingerprint density at radius 2 is 1.93 bits per heavy atom. The Hall–Kier alpha value is -4.15. The molecule has 0 fully saturated rings. The van der Waals surface area contributed by atoms with Crippen molar-refractivity contribution < 1.29 is 18.9 Å². The third-order valence-electron chi connectivity index (χ3n) is 3.93. The summed E-state index contributed by atoms with van der Waals surface area (Å²) in [5, 5.41) is 23.5. The van der Waals surface area contributed by atoms with Crippen LogP contribution < -0.4 is 10.6 Å². The number of anilines is 2. The molecule has 3 aromatic rings. The molecule has 0 saturated carbocycles. The number of hydrogen-bond acceptors (Lipinski definition) is 6. The van der Waals surface area contributed by atoms with Gasteiger partial charge in [-0.1, -0.05) is 11.3 Å². The van der Waals surface area contributed by atoms with Crippen molar-refractivity contribution in [2.45, 2.75) is 13.8 Å². The molecule has 1 aromatic heterocycles. The minimum atomic E-state index is -0.724. The number of carbonyl (C=O) groups excluding carboxylic acids is 2. The second kappa shape index (κ2) is 7.84. The van der Waals surface area contributed by atoms with E-state index in [2.05, 4.69) is 20.9 Å². The number of nitrogens with one attached hydrogen (secondary N) is 2. The summed E-state index contributed by atoms with van der Waals surface area (Å²) in [6, 6.07) is 9.41. The zero-order valence-corrected chi connectivity index (χ0v) is 15.3. The van der Waals surface area contributed by atoms with Crippen LogP contribution in [0.1, 0.15) is 23.1 Å². The Bertz CT molecular complexity index is 1130. The van der Waals surface area contributed by atoms with Crippen molar-refractivity contribution in [1.29, 1.82) is 0 Å². The molecule has 11 heteroatoms. The normalized spacial score (nSPS) is 10.4. The van der Waals surface area contributed by atoms with Crippen LogP contribution in [0.4, 0.5) is 21.5 Å². The summed E-state index contributed by atoms with van der Waals surface area (Å²) in [6.45, 7) is 2.86. The van der Waals surface area contributed by atoms with Crippen molar-refractivity contribution in [3.05, 3.63) is 69.8 Å². The third-order valence-corrected chi connectivity index (χ3v) is 3.93. The van der Waals surface area contributed by atoms with Gasteiger partial charge in [-0.25, -0.2) is 9.07 Å². The molecule has 2 aromatic carbocycles. The maximum Gasteiger partial charge on any atom is 0.278 e. The molecule has 148 valence electrons. The average molecular weight is 398 g/mol. The van der Waals surface area contributed by atoms with Gasteiger partial charge in [-0.15, -0.1) is 5.10 Å². The van der Waals surface area contributed by atoms with Crippen LogP contribution in [0.3, 0.4) is 0 Å². The Morgan fingerprint density at radius 1 is 1.17 bits per heavy atom. The fourth-order valence-corrected chi connectivity index (χ4v) is 2.61. The van der Waals surface area contributed by atoms with Crippen molar-refractivity contribution in [3.8, 4) is 5.69 Å². The van der Waals surface area contributed by atoms with E-state index >= 15 is 0 Å². The maximum absolute atomic E-state index is 14.0. The first-order chi connectivity index (χ1) is 13.8. The predicted octanol–water partition coefficient (Wildman–Crippen LogP) is 2.83. The molecule has 0 aliphatic carbocycles. The lowest BCUT2D eigenvalue weighted by molar-refractivity contribution is -0.384. The highest BCUT2D eigenvalue weighted by Gasteiger charge is 2.20. The molecule has 3 rings (SSSR count). The smallest absolute Gasteiger partial charge is 0.278 e. The van der Waals surface area contributed by atoms with E-state index in [1.165, 1.54) is 41.9 Å². The molecule has 0 atom stereocenters. The Balaban J connectivity index is 1.88. The van der Waals surface area contributed by atoms with Gasteiger partial charge in [0.25, 0.3) is 11.6 Å². The fraction of sp³-hybridized carbons (Fsp3) is 0.111. The van der Waals surface area contributed by atoms with Crippen LogP contribution in [0, 0.1) is 22.9 Å². The number of aromatic nitrogens is 3. The van der Waals surface area contributed by atoms with E-state index in [4.69, 9.17) is 0 Å². The lowest BCUT2D eigenvalue weighted by Gasteiger charge is -2.09. The number of carbonyl (C=O) groups is 2. The van der Waals surface area contributed by atoms with Crippen molar-refractivity contribution in [2.75, 3.05) is 10.6 Å². The molecule has 0 radical (unpaired) electrons. The number of hydrogen-bond donors (Lipinski definition) is 2. The second-order valence-electron chi connectivity index (χ2n) is 6.04. The average Bonchev–Trinajstić information content (AvgIpc) is 3.05. The zero-order valence-electron chi connectivity index (χ0n) is 15.3. The van der Waals surface area contributed by atoms with Gasteiger partial charge < -0.3 is 10.6 Å². The van der Waals surface area contributed by atoms with Crippen LogP contribution in [-0.4, -0.2) is 31.7 Å². The van der Waals surface area contributed by atoms with E-state index in [9.17, 15) is 24.1 Å². The molecule has 10 nitrogen and oxygen atoms in total. The first kappa shape index (κ1) is 19.6. The Labute approximate surface area is 163 Å². The van der Waals surface area contributed by atoms with Crippen LogP contribution in [0.25, 0.3) is 5.69 Å². The SMILES string of the molecule is CC(=O)Nc1ccc(F)c(NC(=O)c2nnn(-c3cccc([N+](=O)[O-])c3)c2C)c1. The van der Waals surface area contributed by atoms with Crippen LogP contribution in [0.15, 0.2) is 42.5 Å². The molecule has 0 unspecified atom stereocenters. The van der Waals surface area contributed by atoms with Crippen LogP contribution in [0.2, 0.25) is 0 Å². The van der Waals surface area contributed by atoms with E-state index in [1.807, 2.05) is 0 Å². The minimum Gasteiger partial charge on any atom is -0.326 e. The van der Waals surface area contributed by atoms with Gasteiger partial charge in [-0.3, -0.25) is 19.7 Å². The lowest BCUT2D eigenvalue weighted by Crippen LogP contribution is -2.16. The fourth-order valence-electron chi connectivity index (χ4n) is 2.61. The van der Waals surface area contributed by atoms with Gasteiger partial charge in [0.1, 0.15) is 5.82 Å². The topological polar surface area (TPSA) is 132 Å². The monoisotopic (exact) mass is 398 g/mol. The number of rotatable bonds is 5. The van der Waals surface area contributed by atoms with Gasteiger partial charge >= 0.3 is 0 Å². The van der Waals surface area contributed by atoms with E-state index in [1.54, 1.807) is 13.0 Å². The maximum atomic E-state index is 14.0. The summed E-state index contributed by atoms with van der Waals surface area (Å²) in [4.78, 5) is 34.1. The quantitative estimate of drug-likeness (QED) is 0.502. The molecule has 0 saturated heterocycles. The molecule has 0 aliphatic heterocycles. The van der Waals surface area contributed by atoms with Gasteiger partial charge in [0, 0.05) is 24.7 Å². The van der Waals surface area contributed by atoms with Crippen molar-refractivity contribution in [3.63, 3.8) is 0 Å². The van der Waals surface area contributed by atoms with Gasteiger partial charge in [0.05, 0.1) is 22.0 Å². The standard InChI is InChI=1S/C18H15FN6O4/c1-10-17(22-23-24(10)13-4-3-5-14(9-13)25(28)29)18(27)21-16-8-12(20-11(2)26)6-7-15(16)19/h3-9H,1-2H3,(H,20,26)(H,21,27). The highest BCUT2D eigenvalue weighted by molar-refractivity contribution is 6.04. The summed E-state index contributed by atoms with van der Waals surface area (Å²) >= 11 is 0. The number of non-ortho nitro benzene ring substituents is 1. The molecule has 0 spiro atoms. The minimum absolute atomic E-state index is 0.0826. The van der Waals surface area contributed by atoms with Crippen LogP contribution >= 0.6 is 0 Å². The first-order valence-corrected chi connectivity index (χ1v) is 8.32. The van der Waals surface area contributed by atoms with Gasteiger partial charge in [0.2, 0.25) is 5.91 Å². The Morgan fingerprint density at radius 3 is 2.62 bits per heavy atom. The van der Waals surface area contributed by atoms with Crippen LogP contribution in [0.5, 0.6) is 0 Å². The first-order valence-electron chi connectivity index (χ1n) is 8.32.